The van der Waals surface area contributed by atoms with Crippen molar-refractivity contribution in [1.82, 2.24) is 10.2 Å². The Morgan fingerprint density at radius 2 is 2.22 bits per heavy atom. The first kappa shape index (κ1) is 18.0. The van der Waals surface area contributed by atoms with Crippen molar-refractivity contribution in [3.63, 3.8) is 0 Å². The molecule has 2 atom stereocenters. The number of carbonyl (C=O) groups excluding carboxylic acids is 2. The molecule has 1 aromatic heterocycles. The van der Waals surface area contributed by atoms with Gasteiger partial charge in [0.2, 0.25) is 5.91 Å². The lowest BCUT2D eigenvalue weighted by Crippen LogP contribution is -2.53. The van der Waals surface area contributed by atoms with Gasteiger partial charge in [0, 0.05) is 12.6 Å². The molecule has 1 aliphatic rings. The summed E-state index contributed by atoms with van der Waals surface area (Å²) in [6, 6.07) is 3.58. The predicted octanol–water partition coefficient (Wildman–Crippen LogP) is 3.83. The monoisotopic (exact) mass is 336 g/mol. The molecular weight excluding hydrogens is 308 g/mol. The van der Waals surface area contributed by atoms with Gasteiger partial charge >= 0.3 is 0 Å². The van der Waals surface area contributed by atoms with Gasteiger partial charge in [0.05, 0.1) is 4.88 Å². The van der Waals surface area contributed by atoms with E-state index in [1.807, 2.05) is 17.5 Å². The molecule has 2 amide bonds. The number of hydrogen-bond donors (Lipinski definition) is 1. The highest BCUT2D eigenvalue weighted by Gasteiger charge is 2.33. The van der Waals surface area contributed by atoms with Gasteiger partial charge in [0.1, 0.15) is 6.04 Å². The number of amides is 2. The van der Waals surface area contributed by atoms with E-state index in [1.165, 1.54) is 24.2 Å². The van der Waals surface area contributed by atoms with Crippen molar-refractivity contribution in [2.45, 2.75) is 70.9 Å². The minimum Gasteiger partial charge on any atom is -0.352 e. The number of rotatable bonds is 7. The first-order valence-electron chi connectivity index (χ1n) is 8.78. The van der Waals surface area contributed by atoms with Gasteiger partial charge < -0.3 is 10.2 Å². The van der Waals surface area contributed by atoms with E-state index < -0.39 is 0 Å². The molecular formula is C18H28N2O2S. The van der Waals surface area contributed by atoms with Gasteiger partial charge in [-0.25, -0.2) is 0 Å². The molecule has 1 aromatic rings. The van der Waals surface area contributed by atoms with Crippen LogP contribution in [0.4, 0.5) is 0 Å². The average molecular weight is 337 g/mol. The topological polar surface area (TPSA) is 49.4 Å². The Morgan fingerprint density at radius 1 is 1.39 bits per heavy atom. The summed E-state index contributed by atoms with van der Waals surface area (Å²) in [6.45, 7) is 4.92. The highest BCUT2D eigenvalue weighted by molar-refractivity contribution is 7.12. The molecule has 0 spiro atoms. The normalized spacial score (nSPS) is 19.4. The van der Waals surface area contributed by atoms with Gasteiger partial charge in [0.25, 0.3) is 5.91 Å². The summed E-state index contributed by atoms with van der Waals surface area (Å²) in [7, 11) is 0. The fourth-order valence-corrected chi connectivity index (χ4v) is 3.78. The summed E-state index contributed by atoms with van der Waals surface area (Å²) in [6.07, 6.45) is 7.29. The molecule has 23 heavy (non-hydrogen) atoms. The molecule has 1 aliphatic heterocycles. The minimum absolute atomic E-state index is 0.00140. The standard InChI is InChI=1S/C18H28N2O2S/c1-3-4-5-9-14(2)19-17(21)15-10-6-7-12-20(15)18(22)16-11-8-13-23-16/h8,11,13-15H,3-7,9-10,12H2,1-2H3,(H,19,21). The Balaban J connectivity index is 1.94. The van der Waals surface area contributed by atoms with Crippen molar-refractivity contribution in [2.24, 2.45) is 0 Å². The number of likely N-dealkylation sites (tertiary alicyclic amines) is 1. The van der Waals surface area contributed by atoms with E-state index in [1.54, 1.807) is 4.90 Å². The van der Waals surface area contributed by atoms with Crippen LogP contribution in [0.3, 0.4) is 0 Å². The highest BCUT2D eigenvalue weighted by atomic mass is 32.1. The van der Waals surface area contributed by atoms with E-state index in [0.29, 0.717) is 6.54 Å². The second-order valence-electron chi connectivity index (χ2n) is 6.39. The number of nitrogens with one attached hydrogen (secondary N) is 1. The lowest BCUT2D eigenvalue weighted by Gasteiger charge is -2.35. The molecule has 5 heteroatoms. The molecule has 0 aliphatic carbocycles. The van der Waals surface area contributed by atoms with Crippen LogP contribution < -0.4 is 5.32 Å². The SMILES string of the molecule is CCCCCC(C)NC(=O)C1CCCCN1C(=O)c1cccs1. The molecule has 128 valence electrons. The fraction of sp³-hybridized carbons (Fsp3) is 0.667. The van der Waals surface area contributed by atoms with Crippen molar-refractivity contribution < 1.29 is 9.59 Å². The third kappa shape index (κ3) is 5.06. The number of unbranched alkanes of at least 4 members (excludes halogenated alkanes) is 2. The lowest BCUT2D eigenvalue weighted by molar-refractivity contribution is -0.127. The van der Waals surface area contributed by atoms with E-state index >= 15 is 0 Å². The zero-order valence-electron chi connectivity index (χ0n) is 14.2. The van der Waals surface area contributed by atoms with Crippen LogP contribution in [0.1, 0.15) is 68.5 Å². The lowest BCUT2D eigenvalue weighted by atomic mass is 10.00. The maximum absolute atomic E-state index is 12.6. The van der Waals surface area contributed by atoms with E-state index in [2.05, 4.69) is 19.2 Å². The molecule has 2 rings (SSSR count). The van der Waals surface area contributed by atoms with Crippen LogP contribution in [0.15, 0.2) is 17.5 Å². The zero-order chi connectivity index (χ0) is 16.7. The van der Waals surface area contributed by atoms with Crippen molar-refractivity contribution >= 4 is 23.2 Å². The first-order chi connectivity index (χ1) is 11.1. The van der Waals surface area contributed by atoms with E-state index in [4.69, 9.17) is 0 Å². The van der Waals surface area contributed by atoms with E-state index in [9.17, 15) is 9.59 Å². The van der Waals surface area contributed by atoms with E-state index in [-0.39, 0.29) is 23.9 Å². The Hall–Kier alpha value is -1.36. The summed E-state index contributed by atoms with van der Waals surface area (Å²) in [4.78, 5) is 27.7. The second kappa shape index (κ2) is 9.06. The number of hydrogen-bond acceptors (Lipinski definition) is 3. The zero-order valence-corrected chi connectivity index (χ0v) is 15.0. The molecule has 0 saturated carbocycles. The summed E-state index contributed by atoms with van der Waals surface area (Å²) < 4.78 is 0. The molecule has 0 radical (unpaired) electrons. The van der Waals surface area contributed by atoms with Crippen molar-refractivity contribution in [3.8, 4) is 0 Å². The van der Waals surface area contributed by atoms with Crippen LogP contribution in [0, 0.1) is 0 Å². The van der Waals surface area contributed by atoms with Crippen molar-refractivity contribution in [2.75, 3.05) is 6.54 Å². The van der Waals surface area contributed by atoms with Crippen LogP contribution in [0.25, 0.3) is 0 Å². The number of nitrogens with zero attached hydrogens (tertiary/aromatic N) is 1. The van der Waals surface area contributed by atoms with Gasteiger partial charge in [-0.15, -0.1) is 11.3 Å². The average Bonchev–Trinajstić information content (AvgIpc) is 3.09. The summed E-state index contributed by atoms with van der Waals surface area (Å²) in [5.74, 6) is 0.0112. The smallest absolute Gasteiger partial charge is 0.264 e. The second-order valence-corrected chi connectivity index (χ2v) is 7.34. The van der Waals surface area contributed by atoms with E-state index in [0.717, 1.165) is 37.0 Å². The van der Waals surface area contributed by atoms with Gasteiger partial charge in [0.15, 0.2) is 0 Å². The molecule has 1 fully saturated rings. The fourth-order valence-electron chi connectivity index (χ4n) is 3.10. The van der Waals surface area contributed by atoms with Crippen LogP contribution in [-0.4, -0.2) is 35.3 Å². The molecule has 1 saturated heterocycles. The first-order valence-corrected chi connectivity index (χ1v) is 9.66. The van der Waals surface area contributed by atoms with Crippen molar-refractivity contribution in [1.29, 1.82) is 0 Å². The Kier molecular flexibility index (Phi) is 7.09. The third-order valence-electron chi connectivity index (χ3n) is 4.43. The maximum atomic E-state index is 12.6. The molecule has 2 heterocycles. The predicted molar refractivity (Wildman–Crippen MR) is 94.7 cm³/mol. The minimum atomic E-state index is -0.313. The third-order valence-corrected chi connectivity index (χ3v) is 5.29. The highest BCUT2D eigenvalue weighted by Crippen LogP contribution is 2.22. The Morgan fingerprint density at radius 3 is 2.91 bits per heavy atom. The molecule has 0 bridgehead atoms. The van der Waals surface area contributed by atoms with Crippen LogP contribution >= 0.6 is 11.3 Å². The summed E-state index contributed by atoms with van der Waals surface area (Å²) in [5, 5.41) is 5.01. The van der Waals surface area contributed by atoms with Gasteiger partial charge in [-0.2, -0.15) is 0 Å². The van der Waals surface area contributed by atoms with Gasteiger partial charge in [-0.3, -0.25) is 9.59 Å². The van der Waals surface area contributed by atoms with Crippen LogP contribution in [0.5, 0.6) is 0 Å². The Labute approximate surface area is 143 Å². The van der Waals surface area contributed by atoms with Crippen LogP contribution in [0.2, 0.25) is 0 Å². The molecule has 2 unspecified atom stereocenters. The Bertz CT molecular complexity index is 501. The maximum Gasteiger partial charge on any atom is 0.264 e. The van der Waals surface area contributed by atoms with Crippen molar-refractivity contribution in [3.05, 3.63) is 22.4 Å². The largest absolute Gasteiger partial charge is 0.352 e. The molecule has 0 aromatic carbocycles. The summed E-state index contributed by atoms with van der Waals surface area (Å²) >= 11 is 1.44. The quantitative estimate of drug-likeness (QED) is 0.769. The number of thiophene rings is 1. The van der Waals surface area contributed by atoms with Gasteiger partial charge in [-0.1, -0.05) is 32.3 Å². The summed E-state index contributed by atoms with van der Waals surface area (Å²) in [5.41, 5.74) is 0. The van der Waals surface area contributed by atoms with Gasteiger partial charge in [-0.05, 0) is 44.1 Å². The molecule has 1 N–H and O–H groups in total. The number of piperidine rings is 1. The number of carbonyl (C=O) groups is 2. The van der Waals surface area contributed by atoms with Crippen LogP contribution in [-0.2, 0) is 4.79 Å². The molecule has 4 nitrogen and oxygen atoms in total.